The summed E-state index contributed by atoms with van der Waals surface area (Å²) >= 11 is 0. The minimum absolute atomic E-state index is 0.571. The third-order valence-electron chi connectivity index (χ3n) is 5.57. The number of benzene rings is 3. The molecule has 2 heterocycles. The Morgan fingerprint density at radius 1 is 0.929 bits per heavy atom. The highest BCUT2D eigenvalue weighted by Crippen LogP contribution is 2.32. The molecule has 0 fully saturated rings. The molecule has 0 spiro atoms. The van der Waals surface area contributed by atoms with E-state index in [0.29, 0.717) is 11.4 Å². The fourth-order valence-corrected chi connectivity index (χ4v) is 4.18. The van der Waals surface area contributed by atoms with Crippen molar-refractivity contribution in [2.24, 2.45) is 0 Å². The van der Waals surface area contributed by atoms with Crippen LogP contribution in [-0.4, -0.2) is 14.8 Å². The predicted octanol–water partition coefficient (Wildman–Crippen LogP) is 5.38. The Hall–Kier alpha value is -3.45. The van der Waals surface area contributed by atoms with Crippen molar-refractivity contribution in [3.05, 3.63) is 71.8 Å². The van der Waals surface area contributed by atoms with E-state index < -0.39 is 0 Å². The van der Waals surface area contributed by atoms with Crippen molar-refractivity contribution in [3.8, 4) is 6.07 Å². The van der Waals surface area contributed by atoms with Crippen LogP contribution in [0, 0.1) is 11.3 Å². The first-order valence-corrected chi connectivity index (χ1v) is 9.80. The first-order chi connectivity index (χ1) is 13.8. The number of hydrogen-bond acceptors (Lipinski definition) is 3. The van der Waals surface area contributed by atoms with Gasteiger partial charge in [-0.15, -0.1) is 10.2 Å². The second-order valence-corrected chi connectivity index (χ2v) is 7.30. The molecule has 0 bridgehead atoms. The first-order valence-electron chi connectivity index (χ1n) is 9.80. The van der Waals surface area contributed by atoms with Gasteiger partial charge in [-0.3, -0.25) is 0 Å². The number of nitriles is 1. The van der Waals surface area contributed by atoms with E-state index in [1.54, 1.807) is 0 Å². The van der Waals surface area contributed by atoms with Gasteiger partial charge >= 0.3 is 0 Å². The maximum absolute atomic E-state index is 9.98. The zero-order valence-corrected chi connectivity index (χ0v) is 15.6. The average molecular weight is 364 g/mol. The van der Waals surface area contributed by atoms with Gasteiger partial charge in [0.05, 0.1) is 5.57 Å². The number of aryl methyl sites for hydroxylation is 1. The highest BCUT2D eigenvalue weighted by atomic mass is 15.3. The van der Waals surface area contributed by atoms with E-state index in [4.69, 9.17) is 0 Å². The van der Waals surface area contributed by atoms with Gasteiger partial charge in [-0.2, -0.15) is 5.26 Å². The van der Waals surface area contributed by atoms with Gasteiger partial charge in [0.2, 0.25) is 0 Å². The molecule has 1 aliphatic heterocycles. The molecular formula is C24H20N4. The topological polar surface area (TPSA) is 54.5 Å². The monoisotopic (exact) mass is 364 g/mol. The van der Waals surface area contributed by atoms with Gasteiger partial charge in [0, 0.05) is 13.0 Å². The van der Waals surface area contributed by atoms with E-state index in [1.165, 1.54) is 17.2 Å². The van der Waals surface area contributed by atoms with Gasteiger partial charge in [0.25, 0.3) is 0 Å². The van der Waals surface area contributed by atoms with E-state index in [2.05, 4.69) is 51.2 Å². The van der Waals surface area contributed by atoms with Crippen LogP contribution >= 0.6 is 0 Å². The van der Waals surface area contributed by atoms with Crippen molar-refractivity contribution < 1.29 is 0 Å². The van der Waals surface area contributed by atoms with Crippen molar-refractivity contribution >= 4 is 33.2 Å². The summed E-state index contributed by atoms with van der Waals surface area (Å²) in [6.07, 6.45) is 6.36. The van der Waals surface area contributed by atoms with Crippen LogP contribution in [0.3, 0.4) is 0 Å². The smallest absolute Gasteiger partial charge is 0.174 e. The lowest BCUT2D eigenvalue weighted by Crippen LogP contribution is -2.05. The number of hydrogen-bond donors (Lipinski definition) is 0. The quantitative estimate of drug-likeness (QED) is 0.355. The lowest BCUT2D eigenvalue weighted by molar-refractivity contribution is 0.627. The van der Waals surface area contributed by atoms with Crippen molar-refractivity contribution in [1.29, 1.82) is 5.26 Å². The van der Waals surface area contributed by atoms with Gasteiger partial charge in [-0.25, -0.2) is 0 Å². The normalized spacial score (nSPS) is 14.6. The van der Waals surface area contributed by atoms with E-state index in [0.717, 1.165) is 48.0 Å². The van der Waals surface area contributed by atoms with E-state index in [1.807, 2.05) is 30.3 Å². The van der Waals surface area contributed by atoms with Crippen LogP contribution in [0.5, 0.6) is 0 Å². The SMILES string of the molecule is N#CC(=Cc1c2ccccc2cc2ccccc12)c1nnc2n1CCCCC2. The van der Waals surface area contributed by atoms with Crippen LogP contribution < -0.4 is 0 Å². The van der Waals surface area contributed by atoms with Crippen molar-refractivity contribution in [2.75, 3.05) is 0 Å². The number of rotatable bonds is 2. The molecule has 4 aromatic rings. The maximum Gasteiger partial charge on any atom is 0.174 e. The molecule has 4 heteroatoms. The van der Waals surface area contributed by atoms with E-state index in [9.17, 15) is 5.26 Å². The lowest BCUT2D eigenvalue weighted by atomic mass is 9.95. The highest BCUT2D eigenvalue weighted by molar-refractivity contribution is 6.09. The first kappa shape index (κ1) is 16.7. The van der Waals surface area contributed by atoms with Crippen LogP contribution in [0.4, 0.5) is 0 Å². The molecule has 3 aromatic carbocycles. The van der Waals surface area contributed by atoms with Crippen molar-refractivity contribution in [1.82, 2.24) is 14.8 Å². The molecule has 0 amide bonds. The Morgan fingerprint density at radius 2 is 1.64 bits per heavy atom. The summed E-state index contributed by atoms with van der Waals surface area (Å²) in [5.41, 5.74) is 1.64. The maximum atomic E-state index is 9.98. The summed E-state index contributed by atoms with van der Waals surface area (Å²) < 4.78 is 2.13. The fourth-order valence-electron chi connectivity index (χ4n) is 4.18. The summed E-state index contributed by atoms with van der Waals surface area (Å²) in [4.78, 5) is 0. The average Bonchev–Trinajstić information content (AvgIpc) is 2.99. The second-order valence-electron chi connectivity index (χ2n) is 7.30. The molecule has 5 rings (SSSR count). The lowest BCUT2D eigenvalue weighted by Gasteiger charge is -2.10. The molecule has 0 radical (unpaired) electrons. The van der Waals surface area contributed by atoms with Gasteiger partial charge in [0.1, 0.15) is 11.9 Å². The molecular weight excluding hydrogens is 344 g/mol. The van der Waals surface area contributed by atoms with Crippen LogP contribution in [0.15, 0.2) is 54.6 Å². The standard InChI is InChI=1S/C24H20N4/c25-16-19(24-27-26-23-12-2-1-7-13-28(23)24)15-22-20-10-5-3-8-17(20)14-18-9-4-6-11-21(18)22/h3-6,8-11,14-15H,1-2,7,12-13H2. The Balaban J connectivity index is 1.76. The molecule has 0 aliphatic carbocycles. The summed E-state index contributed by atoms with van der Waals surface area (Å²) in [5.74, 6) is 1.69. The van der Waals surface area contributed by atoms with Gasteiger partial charge in [-0.05, 0) is 52.1 Å². The predicted molar refractivity (Wildman–Crippen MR) is 113 cm³/mol. The molecule has 1 aromatic heterocycles. The molecule has 0 saturated heterocycles. The van der Waals surface area contributed by atoms with Crippen LogP contribution in [0.1, 0.15) is 36.5 Å². The minimum Gasteiger partial charge on any atom is -0.310 e. The Kier molecular flexibility index (Phi) is 4.14. The molecule has 28 heavy (non-hydrogen) atoms. The zero-order valence-electron chi connectivity index (χ0n) is 15.6. The second kappa shape index (κ2) is 6.94. The molecule has 4 nitrogen and oxygen atoms in total. The summed E-state index contributed by atoms with van der Waals surface area (Å²) in [5, 5.41) is 23.4. The number of aromatic nitrogens is 3. The Morgan fingerprint density at radius 3 is 2.36 bits per heavy atom. The molecule has 0 saturated carbocycles. The summed E-state index contributed by atoms with van der Waals surface area (Å²) in [6.45, 7) is 0.882. The number of nitrogens with zero attached hydrogens (tertiary/aromatic N) is 4. The van der Waals surface area contributed by atoms with E-state index in [-0.39, 0.29) is 0 Å². The van der Waals surface area contributed by atoms with Gasteiger partial charge in [-0.1, -0.05) is 55.0 Å². The summed E-state index contributed by atoms with van der Waals surface area (Å²) in [6, 6.07) is 21.3. The Labute approximate surface area is 163 Å². The zero-order chi connectivity index (χ0) is 18.9. The van der Waals surface area contributed by atoms with Gasteiger partial charge in [0.15, 0.2) is 5.82 Å². The Bertz CT molecular complexity index is 1200. The number of allylic oxidation sites excluding steroid dienone is 1. The largest absolute Gasteiger partial charge is 0.310 e. The van der Waals surface area contributed by atoms with Crippen LogP contribution in [-0.2, 0) is 13.0 Å². The van der Waals surface area contributed by atoms with Crippen molar-refractivity contribution in [2.45, 2.75) is 32.2 Å². The highest BCUT2D eigenvalue weighted by Gasteiger charge is 2.18. The molecule has 0 atom stereocenters. The third-order valence-corrected chi connectivity index (χ3v) is 5.57. The molecule has 0 N–H and O–H groups in total. The van der Waals surface area contributed by atoms with Crippen molar-refractivity contribution in [3.63, 3.8) is 0 Å². The molecule has 136 valence electrons. The fraction of sp³-hybridized carbons (Fsp3) is 0.208. The van der Waals surface area contributed by atoms with Crippen LogP contribution in [0.2, 0.25) is 0 Å². The third kappa shape index (κ3) is 2.76. The minimum atomic E-state index is 0.571. The van der Waals surface area contributed by atoms with Gasteiger partial charge < -0.3 is 4.57 Å². The van der Waals surface area contributed by atoms with Crippen LogP contribution in [0.25, 0.3) is 33.2 Å². The molecule has 0 unspecified atom stereocenters. The summed E-state index contributed by atoms with van der Waals surface area (Å²) in [7, 11) is 0. The molecule has 1 aliphatic rings. The number of fused-ring (bicyclic) bond motifs is 3. The van der Waals surface area contributed by atoms with E-state index >= 15 is 0 Å².